The first-order chi connectivity index (χ1) is 20.7. The van der Waals surface area contributed by atoms with Gasteiger partial charge in [-0.25, -0.2) is 9.78 Å². The molecule has 0 saturated carbocycles. The van der Waals surface area contributed by atoms with E-state index in [0.29, 0.717) is 59.8 Å². The van der Waals surface area contributed by atoms with Crippen LogP contribution in [0.25, 0.3) is 11.1 Å². The average molecular weight is 604 g/mol. The smallest absolute Gasteiger partial charge is 0.350 e. The van der Waals surface area contributed by atoms with Gasteiger partial charge in [0.15, 0.2) is 5.13 Å². The first-order valence-electron chi connectivity index (χ1n) is 14.3. The van der Waals surface area contributed by atoms with Gasteiger partial charge in [0, 0.05) is 24.2 Å². The van der Waals surface area contributed by atoms with E-state index in [1.807, 2.05) is 38.1 Å². The fourth-order valence-corrected chi connectivity index (χ4v) is 6.40. The number of hydrogen-bond acceptors (Lipinski definition) is 12. The van der Waals surface area contributed by atoms with Gasteiger partial charge in [0.05, 0.1) is 37.1 Å². The first-order valence-corrected chi connectivity index (χ1v) is 15.1. The molecule has 0 spiro atoms. The SMILES string of the molecule is CCOC(=O)c1sc(Nc2nc(N3CCC(O)CC3)c3c(n2)N(Cc2ccc(-c4c(C)noc4C)cc2)C(=O)C3)nc1C. The highest BCUT2D eigenvalue weighted by Gasteiger charge is 2.35. The third-order valence-corrected chi connectivity index (χ3v) is 8.76. The minimum Gasteiger partial charge on any atom is -0.462 e. The monoisotopic (exact) mass is 603 g/mol. The number of aryl methyl sites for hydroxylation is 3. The second-order valence-corrected chi connectivity index (χ2v) is 11.7. The van der Waals surface area contributed by atoms with Crippen molar-refractivity contribution < 1.29 is 24.0 Å². The van der Waals surface area contributed by atoms with Crippen LogP contribution in [0.3, 0.4) is 0 Å². The second-order valence-electron chi connectivity index (χ2n) is 10.7. The minimum atomic E-state index is -0.426. The Balaban J connectivity index is 1.32. The summed E-state index contributed by atoms with van der Waals surface area (Å²) in [7, 11) is 0. The number of nitrogens with zero attached hydrogens (tertiary/aromatic N) is 6. The molecule has 1 saturated heterocycles. The zero-order valence-corrected chi connectivity index (χ0v) is 25.3. The maximum atomic E-state index is 13.4. The zero-order chi connectivity index (χ0) is 30.2. The van der Waals surface area contributed by atoms with E-state index in [4.69, 9.17) is 19.2 Å². The summed E-state index contributed by atoms with van der Waals surface area (Å²) in [5.74, 6) is 1.75. The largest absolute Gasteiger partial charge is 0.462 e. The van der Waals surface area contributed by atoms with Gasteiger partial charge in [-0.2, -0.15) is 9.97 Å². The van der Waals surface area contributed by atoms with Crippen LogP contribution in [0.1, 0.15) is 57.7 Å². The summed E-state index contributed by atoms with van der Waals surface area (Å²) in [6.07, 6.45) is 1.07. The lowest BCUT2D eigenvalue weighted by Crippen LogP contribution is -2.37. The fraction of sp³-hybridized carbons (Fsp3) is 0.400. The molecule has 0 radical (unpaired) electrons. The minimum absolute atomic E-state index is 0.0655. The number of amides is 1. The summed E-state index contributed by atoms with van der Waals surface area (Å²) in [6, 6.07) is 8.00. The normalized spacial score (nSPS) is 15.2. The lowest BCUT2D eigenvalue weighted by molar-refractivity contribution is -0.117. The van der Waals surface area contributed by atoms with Gasteiger partial charge in [0.1, 0.15) is 22.3 Å². The summed E-state index contributed by atoms with van der Waals surface area (Å²) < 4.78 is 10.5. The number of carbonyl (C=O) groups is 2. The molecule has 1 fully saturated rings. The Bertz CT molecular complexity index is 1660. The van der Waals surface area contributed by atoms with E-state index in [9.17, 15) is 14.7 Å². The maximum Gasteiger partial charge on any atom is 0.350 e. The van der Waals surface area contributed by atoms with Crippen molar-refractivity contribution in [3.05, 3.63) is 57.4 Å². The number of nitrogens with one attached hydrogen (secondary N) is 1. The number of thiazole rings is 1. The number of fused-ring (bicyclic) bond motifs is 1. The zero-order valence-electron chi connectivity index (χ0n) is 24.5. The van der Waals surface area contributed by atoms with Crippen LogP contribution < -0.4 is 15.1 Å². The molecule has 3 aromatic heterocycles. The number of carbonyl (C=O) groups excluding carboxylic acids is 2. The van der Waals surface area contributed by atoms with Crippen molar-refractivity contribution in [3.8, 4) is 11.1 Å². The van der Waals surface area contributed by atoms with E-state index in [1.165, 1.54) is 11.3 Å². The summed E-state index contributed by atoms with van der Waals surface area (Å²) in [6.45, 7) is 9.15. The number of ether oxygens (including phenoxy) is 1. The molecule has 0 unspecified atom stereocenters. The molecule has 1 amide bonds. The number of hydrogen-bond donors (Lipinski definition) is 2. The van der Waals surface area contributed by atoms with Gasteiger partial charge in [-0.05, 0) is 51.7 Å². The number of piperidine rings is 1. The first kappa shape index (κ1) is 28.7. The number of aliphatic hydroxyl groups excluding tert-OH is 1. The van der Waals surface area contributed by atoms with Crippen molar-refractivity contribution in [2.75, 3.05) is 34.8 Å². The Morgan fingerprint density at radius 1 is 1.09 bits per heavy atom. The molecule has 5 heterocycles. The Hall–Kier alpha value is -4.36. The Morgan fingerprint density at radius 3 is 2.49 bits per heavy atom. The Labute approximate surface area is 252 Å². The van der Waals surface area contributed by atoms with Crippen molar-refractivity contribution in [1.82, 2.24) is 20.1 Å². The van der Waals surface area contributed by atoms with Crippen LogP contribution in [0.15, 0.2) is 28.8 Å². The fourth-order valence-electron chi connectivity index (χ4n) is 5.55. The van der Waals surface area contributed by atoms with Crippen molar-refractivity contribution in [3.63, 3.8) is 0 Å². The van der Waals surface area contributed by atoms with E-state index in [0.717, 1.165) is 33.7 Å². The topological polar surface area (TPSA) is 147 Å². The van der Waals surface area contributed by atoms with Crippen LogP contribution in [0.4, 0.5) is 22.7 Å². The molecular weight excluding hydrogens is 570 g/mol. The molecular formula is C30H33N7O5S. The Kier molecular flexibility index (Phi) is 7.84. The van der Waals surface area contributed by atoms with Crippen molar-refractivity contribution in [1.29, 1.82) is 0 Å². The highest BCUT2D eigenvalue weighted by atomic mass is 32.1. The third kappa shape index (κ3) is 5.69. The van der Waals surface area contributed by atoms with Crippen molar-refractivity contribution in [2.45, 2.75) is 59.6 Å². The van der Waals surface area contributed by atoms with E-state index < -0.39 is 5.97 Å². The second kappa shape index (κ2) is 11.7. The Morgan fingerprint density at radius 2 is 1.81 bits per heavy atom. The number of aromatic nitrogens is 4. The van der Waals surface area contributed by atoms with E-state index >= 15 is 0 Å². The molecule has 2 aliphatic rings. The molecule has 6 rings (SSSR count). The molecule has 2 aliphatic heterocycles. The maximum absolute atomic E-state index is 13.4. The van der Waals surface area contributed by atoms with Crippen molar-refractivity contribution in [2.24, 2.45) is 0 Å². The van der Waals surface area contributed by atoms with Gasteiger partial charge in [0.25, 0.3) is 0 Å². The van der Waals surface area contributed by atoms with Crippen LogP contribution in [0.2, 0.25) is 0 Å². The summed E-state index contributed by atoms with van der Waals surface area (Å²) in [5, 5.41) is 17.8. The van der Waals surface area contributed by atoms with E-state index in [-0.39, 0.29) is 31.0 Å². The van der Waals surface area contributed by atoms with Gasteiger partial charge in [-0.1, -0.05) is 40.8 Å². The number of esters is 1. The molecule has 13 heteroatoms. The van der Waals surface area contributed by atoms with Gasteiger partial charge >= 0.3 is 5.97 Å². The van der Waals surface area contributed by atoms with Gasteiger partial charge in [0.2, 0.25) is 11.9 Å². The van der Waals surface area contributed by atoms with Gasteiger partial charge in [-0.3, -0.25) is 15.0 Å². The number of aliphatic hydroxyl groups is 1. The molecule has 0 aliphatic carbocycles. The van der Waals surface area contributed by atoms with E-state index in [2.05, 4.69) is 20.4 Å². The van der Waals surface area contributed by atoms with Crippen LogP contribution in [-0.4, -0.2) is 62.9 Å². The molecule has 224 valence electrons. The number of benzene rings is 1. The predicted molar refractivity (Wildman–Crippen MR) is 162 cm³/mol. The molecule has 1 aromatic carbocycles. The molecule has 43 heavy (non-hydrogen) atoms. The van der Waals surface area contributed by atoms with E-state index in [1.54, 1.807) is 18.7 Å². The highest BCUT2D eigenvalue weighted by Crippen LogP contribution is 2.38. The van der Waals surface area contributed by atoms with Crippen LogP contribution in [0.5, 0.6) is 0 Å². The third-order valence-electron chi connectivity index (χ3n) is 7.71. The molecule has 0 atom stereocenters. The average Bonchev–Trinajstić information content (AvgIpc) is 3.63. The van der Waals surface area contributed by atoms with Crippen LogP contribution in [0, 0.1) is 20.8 Å². The van der Waals surface area contributed by atoms with Crippen molar-refractivity contribution >= 4 is 45.9 Å². The molecule has 0 bridgehead atoms. The molecule has 4 aromatic rings. The molecule has 2 N–H and O–H groups in total. The summed E-state index contributed by atoms with van der Waals surface area (Å²) in [4.78, 5) is 44.1. The standard InChI is InChI=1S/C30H33N7O5S/c1-5-41-28(40)25-17(3)31-30(43-25)34-29-32-26(36-12-10-21(38)11-13-36)22-14-23(39)37(27(22)33-29)15-19-6-8-20(9-7-19)24-16(2)35-42-18(24)4/h6-9,21,38H,5,10-15H2,1-4H3,(H,31,32,33,34). The van der Waals surface area contributed by atoms with Crippen LogP contribution in [-0.2, 0) is 22.5 Å². The van der Waals surface area contributed by atoms with Crippen LogP contribution >= 0.6 is 11.3 Å². The highest BCUT2D eigenvalue weighted by molar-refractivity contribution is 7.17. The predicted octanol–water partition coefficient (Wildman–Crippen LogP) is 4.48. The summed E-state index contributed by atoms with van der Waals surface area (Å²) >= 11 is 1.17. The quantitative estimate of drug-likeness (QED) is 0.275. The lowest BCUT2D eigenvalue weighted by atomic mass is 10.0. The lowest BCUT2D eigenvalue weighted by Gasteiger charge is -2.31. The summed E-state index contributed by atoms with van der Waals surface area (Å²) in [5.41, 5.74) is 5.06. The number of rotatable bonds is 8. The van der Waals surface area contributed by atoms with Gasteiger partial charge < -0.3 is 19.3 Å². The van der Waals surface area contributed by atoms with Gasteiger partial charge in [-0.15, -0.1) is 0 Å². The molecule has 12 nitrogen and oxygen atoms in total. The number of anilines is 4.